The second kappa shape index (κ2) is 5.38. The summed E-state index contributed by atoms with van der Waals surface area (Å²) in [5.41, 5.74) is 8.38. The lowest BCUT2D eigenvalue weighted by molar-refractivity contribution is -0.133. The van der Waals surface area contributed by atoms with Gasteiger partial charge in [0, 0.05) is 30.7 Å². The first kappa shape index (κ1) is 16.9. The third-order valence-corrected chi connectivity index (χ3v) is 5.69. The van der Waals surface area contributed by atoms with Crippen molar-refractivity contribution in [1.29, 1.82) is 0 Å². The van der Waals surface area contributed by atoms with Crippen molar-refractivity contribution in [1.82, 2.24) is 9.88 Å². The molecule has 2 aromatic carbocycles. The second-order valence-electron chi connectivity index (χ2n) is 8.22. The van der Waals surface area contributed by atoms with Crippen LogP contribution in [0.2, 0.25) is 0 Å². The summed E-state index contributed by atoms with van der Waals surface area (Å²) in [7, 11) is 1.67. The number of hydrogen-bond donors (Lipinski definition) is 2. The summed E-state index contributed by atoms with van der Waals surface area (Å²) in [5, 5.41) is 1.16. The molecule has 5 rings (SSSR count). The van der Waals surface area contributed by atoms with Crippen molar-refractivity contribution in [2.45, 2.75) is 31.4 Å². The van der Waals surface area contributed by atoms with Crippen LogP contribution in [0, 0.1) is 0 Å². The molecule has 3 heterocycles. The van der Waals surface area contributed by atoms with Crippen molar-refractivity contribution < 1.29 is 9.53 Å². The maximum atomic E-state index is 13.2. The van der Waals surface area contributed by atoms with E-state index in [-0.39, 0.29) is 11.9 Å². The first-order chi connectivity index (χ1) is 13.3. The largest absolute Gasteiger partial charge is 0.487 e. The highest BCUT2D eigenvalue weighted by atomic mass is 16.5. The van der Waals surface area contributed by atoms with Crippen molar-refractivity contribution in [2.24, 2.45) is 10.7 Å². The van der Waals surface area contributed by atoms with Gasteiger partial charge in [-0.2, -0.15) is 0 Å². The first-order valence-corrected chi connectivity index (χ1v) is 9.34. The third kappa shape index (κ3) is 2.27. The number of likely N-dealkylation sites (N-methyl/N-ethyl adjacent to an activating group) is 1. The molecular weight excluding hydrogens is 352 g/mol. The molecule has 0 radical (unpaired) electrons. The van der Waals surface area contributed by atoms with Crippen LogP contribution in [0.15, 0.2) is 53.7 Å². The summed E-state index contributed by atoms with van der Waals surface area (Å²) in [6.07, 6.45) is 2.37. The number of rotatable bonds is 1. The summed E-state index contributed by atoms with van der Waals surface area (Å²) in [6.45, 7) is 3.95. The van der Waals surface area contributed by atoms with Gasteiger partial charge in [-0.25, -0.2) is 4.99 Å². The van der Waals surface area contributed by atoms with E-state index in [0.717, 1.165) is 27.6 Å². The number of H-pyrrole nitrogens is 1. The van der Waals surface area contributed by atoms with Gasteiger partial charge in [0.1, 0.15) is 11.4 Å². The van der Waals surface area contributed by atoms with E-state index in [2.05, 4.69) is 28.2 Å². The zero-order valence-corrected chi connectivity index (χ0v) is 16.1. The molecule has 6 nitrogen and oxygen atoms in total. The van der Waals surface area contributed by atoms with E-state index >= 15 is 0 Å². The van der Waals surface area contributed by atoms with Crippen LogP contribution in [0.5, 0.6) is 5.75 Å². The molecule has 3 N–H and O–H groups in total. The number of aromatic nitrogens is 1. The van der Waals surface area contributed by atoms with Gasteiger partial charge in [-0.3, -0.25) is 9.69 Å². The number of benzene rings is 2. The number of ether oxygens (including phenoxy) is 1. The molecule has 1 atom stereocenters. The lowest BCUT2D eigenvalue weighted by atomic mass is 9.77. The smallest absolute Gasteiger partial charge is 0.261 e. The molecule has 1 spiro atoms. The minimum atomic E-state index is -1.04. The Balaban J connectivity index is 1.71. The molecule has 0 fully saturated rings. The second-order valence-corrected chi connectivity index (χ2v) is 8.22. The highest BCUT2D eigenvalue weighted by Gasteiger charge is 2.55. The number of carbonyl (C=O) groups excluding carboxylic acids is 1. The van der Waals surface area contributed by atoms with E-state index in [9.17, 15) is 4.79 Å². The van der Waals surface area contributed by atoms with E-state index < -0.39 is 11.1 Å². The van der Waals surface area contributed by atoms with E-state index in [1.165, 1.54) is 4.90 Å². The SMILES string of the molecule is CN1C(=O)C2(CC(C)(C)Oc3ccc(-c4ccc5cc[nH]c5c4)cc32)N=C1N. The minimum absolute atomic E-state index is 0.111. The van der Waals surface area contributed by atoms with Gasteiger partial charge < -0.3 is 15.5 Å². The van der Waals surface area contributed by atoms with Gasteiger partial charge in [-0.05, 0) is 54.6 Å². The quantitative estimate of drug-likeness (QED) is 0.685. The third-order valence-electron chi connectivity index (χ3n) is 5.69. The summed E-state index contributed by atoms with van der Waals surface area (Å²) in [6, 6.07) is 14.3. The van der Waals surface area contributed by atoms with Gasteiger partial charge in [-0.1, -0.05) is 18.2 Å². The van der Waals surface area contributed by atoms with E-state index in [1.54, 1.807) is 7.05 Å². The molecule has 0 bridgehead atoms. The van der Waals surface area contributed by atoms with E-state index in [0.29, 0.717) is 12.2 Å². The first-order valence-electron chi connectivity index (χ1n) is 9.34. The van der Waals surface area contributed by atoms with Crippen LogP contribution in [0.1, 0.15) is 25.8 Å². The number of amides is 1. The van der Waals surface area contributed by atoms with Crippen molar-refractivity contribution in [2.75, 3.05) is 7.05 Å². The average Bonchev–Trinajstić information content (AvgIpc) is 3.20. The number of aliphatic imine (C=N–C) groups is 1. The molecule has 1 amide bonds. The van der Waals surface area contributed by atoms with Gasteiger partial charge in [0.25, 0.3) is 5.91 Å². The monoisotopic (exact) mass is 374 g/mol. The molecule has 142 valence electrons. The van der Waals surface area contributed by atoms with Crippen molar-refractivity contribution >= 4 is 22.8 Å². The standard InChI is InChI=1S/C22H22N4O2/c1-21(2)12-22(19(27)26(3)20(23)25-22)16-10-14(6-7-18(16)28-21)15-5-4-13-8-9-24-17(13)11-15/h4-11,24H,12H2,1-3H3,(H2,23,25). The van der Waals surface area contributed by atoms with Gasteiger partial charge in [-0.15, -0.1) is 0 Å². The molecular formula is C22H22N4O2. The molecule has 0 aliphatic carbocycles. The fraction of sp³-hybridized carbons (Fsp3) is 0.273. The Morgan fingerprint density at radius 3 is 2.64 bits per heavy atom. The molecule has 1 unspecified atom stereocenters. The Bertz CT molecular complexity index is 1160. The van der Waals surface area contributed by atoms with Gasteiger partial charge in [0.2, 0.25) is 0 Å². The molecule has 1 aromatic heterocycles. The predicted molar refractivity (Wildman–Crippen MR) is 109 cm³/mol. The predicted octanol–water partition coefficient (Wildman–Crippen LogP) is 3.38. The van der Waals surface area contributed by atoms with Gasteiger partial charge in [0.05, 0.1) is 0 Å². The number of nitrogens with zero attached hydrogens (tertiary/aromatic N) is 2. The van der Waals surface area contributed by atoms with Gasteiger partial charge in [0.15, 0.2) is 11.5 Å². The maximum absolute atomic E-state index is 13.2. The van der Waals surface area contributed by atoms with Crippen LogP contribution in [-0.2, 0) is 10.3 Å². The Kier molecular flexibility index (Phi) is 3.24. The fourth-order valence-electron chi connectivity index (χ4n) is 4.38. The Labute approximate surface area is 163 Å². The molecule has 3 aromatic rings. The number of nitrogens with two attached hydrogens (primary N) is 1. The Morgan fingerprint density at radius 2 is 1.89 bits per heavy atom. The highest BCUT2D eigenvalue weighted by Crippen LogP contribution is 2.49. The molecule has 2 aliphatic heterocycles. The normalized spacial score (nSPS) is 23.0. The molecule has 28 heavy (non-hydrogen) atoms. The zero-order valence-electron chi connectivity index (χ0n) is 16.1. The fourth-order valence-corrected chi connectivity index (χ4v) is 4.38. The van der Waals surface area contributed by atoms with Crippen molar-refractivity contribution in [3.63, 3.8) is 0 Å². The molecule has 0 saturated heterocycles. The lowest BCUT2D eigenvalue weighted by Crippen LogP contribution is -2.49. The summed E-state index contributed by atoms with van der Waals surface area (Å²) >= 11 is 0. The van der Waals surface area contributed by atoms with Crippen LogP contribution in [-0.4, -0.2) is 34.4 Å². The molecule has 2 aliphatic rings. The minimum Gasteiger partial charge on any atom is -0.487 e. The lowest BCUT2D eigenvalue weighted by Gasteiger charge is -2.41. The highest BCUT2D eigenvalue weighted by molar-refractivity contribution is 6.07. The van der Waals surface area contributed by atoms with Crippen LogP contribution < -0.4 is 10.5 Å². The van der Waals surface area contributed by atoms with E-state index in [4.69, 9.17) is 10.5 Å². The summed E-state index contributed by atoms with van der Waals surface area (Å²) in [5.74, 6) is 0.813. The van der Waals surface area contributed by atoms with Crippen LogP contribution in [0.25, 0.3) is 22.0 Å². The zero-order chi connectivity index (χ0) is 19.7. The number of nitrogens with one attached hydrogen (secondary N) is 1. The number of fused-ring (bicyclic) bond motifs is 3. The number of aromatic amines is 1. The number of guanidine groups is 1. The van der Waals surface area contributed by atoms with Crippen molar-refractivity contribution in [3.8, 4) is 16.9 Å². The molecule has 6 heteroatoms. The summed E-state index contributed by atoms with van der Waals surface area (Å²) < 4.78 is 6.19. The van der Waals surface area contributed by atoms with Crippen LogP contribution >= 0.6 is 0 Å². The van der Waals surface area contributed by atoms with Crippen LogP contribution in [0.4, 0.5) is 0 Å². The molecule has 0 saturated carbocycles. The van der Waals surface area contributed by atoms with E-state index in [1.807, 2.05) is 44.3 Å². The Morgan fingerprint density at radius 1 is 1.14 bits per heavy atom. The topological polar surface area (TPSA) is 83.7 Å². The summed E-state index contributed by atoms with van der Waals surface area (Å²) in [4.78, 5) is 22.5. The maximum Gasteiger partial charge on any atom is 0.261 e. The average molecular weight is 374 g/mol. The van der Waals surface area contributed by atoms with Crippen LogP contribution in [0.3, 0.4) is 0 Å². The number of hydrogen-bond acceptors (Lipinski definition) is 4. The van der Waals surface area contributed by atoms with Crippen molar-refractivity contribution in [3.05, 3.63) is 54.2 Å². The van der Waals surface area contributed by atoms with Gasteiger partial charge >= 0.3 is 0 Å². The number of carbonyl (C=O) groups is 1. The Hall–Kier alpha value is -3.28.